The Kier molecular flexibility index (Phi) is 5.21. The van der Waals surface area contributed by atoms with Crippen molar-refractivity contribution in [2.45, 2.75) is 44.1 Å². The molecule has 4 aliphatic rings. The molecule has 6 rings (SSSR count). The van der Waals surface area contributed by atoms with Crippen molar-refractivity contribution < 1.29 is 14.3 Å². The second-order valence-electron chi connectivity index (χ2n) is 9.54. The van der Waals surface area contributed by atoms with Gasteiger partial charge in [-0.15, -0.1) is 0 Å². The van der Waals surface area contributed by atoms with E-state index < -0.39 is 0 Å². The van der Waals surface area contributed by atoms with Crippen molar-refractivity contribution in [3.8, 4) is 5.75 Å². The fourth-order valence-corrected chi connectivity index (χ4v) is 5.84. The molecule has 0 spiro atoms. The first-order valence-electron chi connectivity index (χ1n) is 12.1. The molecule has 0 saturated carbocycles. The Morgan fingerprint density at radius 2 is 1.85 bits per heavy atom. The van der Waals surface area contributed by atoms with E-state index in [9.17, 15) is 9.59 Å². The Morgan fingerprint density at radius 1 is 1.03 bits per heavy atom. The van der Waals surface area contributed by atoms with Crippen LogP contribution in [0, 0.1) is 0 Å². The van der Waals surface area contributed by atoms with E-state index in [1.165, 1.54) is 5.56 Å². The summed E-state index contributed by atoms with van der Waals surface area (Å²) in [7, 11) is 0. The highest BCUT2D eigenvalue weighted by Crippen LogP contribution is 2.36. The van der Waals surface area contributed by atoms with Gasteiger partial charge >= 0.3 is 6.03 Å². The normalized spacial score (nSPS) is 21.2. The lowest BCUT2D eigenvalue weighted by atomic mass is 9.87. The Hall–Kier alpha value is -3.06. The summed E-state index contributed by atoms with van der Waals surface area (Å²) >= 11 is 0. The predicted molar refractivity (Wildman–Crippen MR) is 125 cm³/mol. The number of likely N-dealkylation sites (tertiary alicyclic amines) is 2. The average molecular weight is 446 g/mol. The van der Waals surface area contributed by atoms with Crippen molar-refractivity contribution in [3.63, 3.8) is 0 Å². The van der Waals surface area contributed by atoms with Gasteiger partial charge in [-0.3, -0.25) is 4.79 Å². The molecule has 0 unspecified atom stereocenters. The molecule has 4 heterocycles. The molecule has 0 atom stereocenters. The number of hydrogen-bond donors (Lipinski definition) is 1. The molecule has 2 aromatic rings. The molecule has 2 saturated heterocycles. The van der Waals surface area contributed by atoms with Crippen LogP contribution in [-0.2, 0) is 6.42 Å². The summed E-state index contributed by atoms with van der Waals surface area (Å²) in [5, 5.41) is 6.82. The molecule has 0 aliphatic carbocycles. The van der Waals surface area contributed by atoms with Gasteiger partial charge < -0.3 is 19.9 Å². The lowest BCUT2D eigenvalue weighted by Crippen LogP contribution is -2.48. The smallest absolute Gasteiger partial charge is 0.346 e. The second kappa shape index (κ2) is 8.37. The summed E-state index contributed by atoms with van der Waals surface area (Å²) in [5.41, 5.74) is 4.74. The van der Waals surface area contributed by atoms with Crippen LogP contribution in [-0.4, -0.2) is 60.6 Å². The van der Waals surface area contributed by atoms with Crippen LogP contribution in [0.3, 0.4) is 0 Å². The molecule has 1 N–H and O–H groups in total. The minimum atomic E-state index is -0.272. The minimum Gasteiger partial charge on any atom is -0.492 e. The summed E-state index contributed by atoms with van der Waals surface area (Å²) in [6.07, 6.45) is 5.18. The molecule has 171 valence electrons. The number of nitrogens with one attached hydrogen (secondary N) is 1. The number of ether oxygens (including phenoxy) is 1. The lowest BCUT2D eigenvalue weighted by Gasteiger charge is -2.42. The van der Waals surface area contributed by atoms with Gasteiger partial charge in [-0.1, -0.05) is 18.2 Å². The largest absolute Gasteiger partial charge is 0.492 e. The number of piperidine rings is 2. The quantitative estimate of drug-likeness (QED) is 0.778. The maximum atomic E-state index is 13.1. The highest BCUT2D eigenvalue weighted by Gasteiger charge is 2.32. The van der Waals surface area contributed by atoms with Crippen LogP contribution in [0.15, 0.2) is 36.4 Å². The second-order valence-corrected chi connectivity index (χ2v) is 9.54. The molecule has 4 aliphatic heterocycles. The van der Waals surface area contributed by atoms with Gasteiger partial charge in [-0.2, -0.15) is 5.32 Å². The van der Waals surface area contributed by atoms with Gasteiger partial charge in [0, 0.05) is 25.6 Å². The molecule has 33 heavy (non-hydrogen) atoms. The molecule has 0 aromatic heterocycles. The van der Waals surface area contributed by atoms with Crippen LogP contribution in [0.2, 0.25) is 0 Å². The number of fused-ring (bicyclic) bond motifs is 2. The van der Waals surface area contributed by atoms with E-state index in [2.05, 4.69) is 33.7 Å². The fourth-order valence-electron chi connectivity index (χ4n) is 5.84. The van der Waals surface area contributed by atoms with E-state index in [1.54, 1.807) is 0 Å². The summed E-state index contributed by atoms with van der Waals surface area (Å²) in [6.45, 7) is 4.44. The zero-order valence-electron chi connectivity index (χ0n) is 18.8. The third-order valence-electron chi connectivity index (χ3n) is 7.70. The van der Waals surface area contributed by atoms with Gasteiger partial charge in [0.1, 0.15) is 5.75 Å². The lowest BCUT2D eigenvalue weighted by molar-refractivity contribution is 0.0575. The summed E-state index contributed by atoms with van der Waals surface area (Å²) < 4.78 is 5.75. The van der Waals surface area contributed by atoms with E-state index in [1.807, 2.05) is 23.1 Å². The van der Waals surface area contributed by atoms with Crippen molar-refractivity contribution in [3.05, 3.63) is 53.1 Å². The van der Waals surface area contributed by atoms with E-state index in [-0.39, 0.29) is 11.9 Å². The van der Waals surface area contributed by atoms with Crippen LogP contribution in [0.5, 0.6) is 5.75 Å². The number of hydrogen-bond acceptors (Lipinski definition) is 4. The summed E-state index contributed by atoms with van der Waals surface area (Å²) in [6, 6.07) is 12.4. The Labute approximate surface area is 194 Å². The third-order valence-corrected chi connectivity index (χ3v) is 7.70. The van der Waals surface area contributed by atoms with Gasteiger partial charge in [0.25, 0.3) is 5.91 Å². The number of para-hydroxylation sites is 1. The number of anilines is 1. The molecule has 3 amide bonds. The van der Waals surface area contributed by atoms with Crippen molar-refractivity contribution in [2.75, 3.05) is 38.1 Å². The van der Waals surface area contributed by atoms with Crippen molar-refractivity contribution >= 4 is 23.3 Å². The number of carbonyl (C=O) groups is 2. The molecule has 7 nitrogen and oxygen atoms in total. The van der Waals surface area contributed by atoms with Gasteiger partial charge in [0.15, 0.2) is 0 Å². The van der Waals surface area contributed by atoms with Crippen LogP contribution in [0.25, 0.3) is 0 Å². The van der Waals surface area contributed by atoms with Crippen LogP contribution < -0.4 is 15.4 Å². The molecular formula is C26H29N4O3. The average Bonchev–Trinajstić information content (AvgIpc) is 3.49. The topological polar surface area (TPSA) is 76.0 Å². The van der Waals surface area contributed by atoms with Crippen molar-refractivity contribution in [1.29, 1.82) is 0 Å². The van der Waals surface area contributed by atoms with Gasteiger partial charge in [-0.05, 0) is 74.0 Å². The third kappa shape index (κ3) is 3.84. The Morgan fingerprint density at radius 3 is 2.67 bits per heavy atom. The zero-order chi connectivity index (χ0) is 22.4. The highest BCUT2D eigenvalue weighted by atomic mass is 16.5. The predicted octanol–water partition coefficient (Wildman–Crippen LogP) is 3.89. The number of amides is 3. The number of carbonyl (C=O) groups excluding carboxylic acids is 2. The molecule has 2 aromatic carbocycles. The number of nitrogens with zero attached hydrogens (tertiary/aromatic N) is 3. The first-order valence-corrected chi connectivity index (χ1v) is 12.1. The van der Waals surface area contributed by atoms with Gasteiger partial charge in [0.05, 0.1) is 23.5 Å². The highest BCUT2D eigenvalue weighted by molar-refractivity contribution is 6.02. The number of rotatable bonds is 3. The molecule has 1 radical (unpaired) electrons. The van der Waals surface area contributed by atoms with E-state index >= 15 is 0 Å². The van der Waals surface area contributed by atoms with E-state index in [0.717, 1.165) is 86.5 Å². The van der Waals surface area contributed by atoms with Crippen molar-refractivity contribution in [2.24, 2.45) is 0 Å². The van der Waals surface area contributed by atoms with Crippen LogP contribution in [0.1, 0.15) is 53.1 Å². The standard InChI is InChI=1S/C26H29N4O3/c31-25(21-3-1-2-18-10-15-33-24(18)21)30-13-8-20(9-14-30)29-11-6-17(7-12-29)19-4-5-22-23(16-19)28-26(32)27-22/h1-5,16-17,20H,6-15H2,(H,27,32). The molecular weight excluding hydrogens is 416 g/mol. The van der Waals surface area contributed by atoms with Gasteiger partial charge in [0.2, 0.25) is 0 Å². The van der Waals surface area contributed by atoms with E-state index in [4.69, 9.17) is 4.74 Å². The van der Waals surface area contributed by atoms with Crippen molar-refractivity contribution in [1.82, 2.24) is 15.1 Å². The first-order chi connectivity index (χ1) is 16.2. The number of urea groups is 1. The molecule has 7 heteroatoms. The fraction of sp³-hybridized carbons (Fsp3) is 0.462. The van der Waals surface area contributed by atoms with E-state index in [0.29, 0.717) is 18.6 Å². The zero-order valence-corrected chi connectivity index (χ0v) is 18.8. The summed E-state index contributed by atoms with van der Waals surface area (Å²) in [4.78, 5) is 29.2. The molecule has 0 bridgehead atoms. The first kappa shape index (κ1) is 20.5. The minimum absolute atomic E-state index is 0.112. The van der Waals surface area contributed by atoms with Gasteiger partial charge in [-0.25, -0.2) is 4.79 Å². The molecule has 2 fully saturated rings. The van der Waals surface area contributed by atoms with Crippen LogP contribution >= 0.6 is 0 Å². The Balaban J connectivity index is 1.03. The Bertz CT molecular complexity index is 1080. The SMILES string of the molecule is O=C1[N]c2cc(C3CCN(C4CCN(C(=O)c5cccc6c5OCC6)CC4)CC3)ccc2N1. The van der Waals surface area contributed by atoms with Crippen LogP contribution in [0.4, 0.5) is 16.2 Å². The summed E-state index contributed by atoms with van der Waals surface area (Å²) in [5.74, 6) is 1.42. The maximum Gasteiger partial charge on any atom is 0.346 e. The number of benzene rings is 2. The maximum absolute atomic E-state index is 13.1. The monoisotopic (exact) mass is 445 g/mol.